The molecule has 2 saturated heterocycles. The number of likely N-dealkylation sites (tertiary alicyclic amines) is 1. The fourth-order valence-corrected chi connectivity index (χ4v) is 5.25. The molecule has 0 aromatic heterocycles. The van der Waals surface area contributed by atoms with Crippen LogP contribution in [0.25, 0.3) is 0 Å². The second-order valence-electron chi connectivity index (χ2n) is 8.18. The molecule has 154 valence electrons. The van der Waals surface area contributed by atoms with Crippen molar-refractivity contribution in [1.82, 2.24) is 14.9 Å². The van der Waals surface area contributed by atoms with Gasteiger partial charge in [0, 0.05) is 37.7 Å². The van der Waals surface area contributed by atoms with Crippen LogP contribution in [0.2, 0.25) is 0 Å². The number of nitrogens with one attached hydrogen (secondary N) is 2. The molecule has 28 heavy (non-hydrogen) atoms. The van der Waals surface area contributed by atoms with Gasteiger partial charge in [0.2, 0.25) is 10.0 Å². The van der Waals surface area contributed by atoms with Crippen molar-refractivity contribution in [3.05, 3.63) is 29.8 Å². The van der Waals surface area contributed by atoms with Crippen LogP contribution in [0.4, 0.5) is 0 Å². The SMILES string of the molecule is CCNC(=NCc1ccc(S(=O)(=O)NC2CC2)cc1)N1CCC2(CCOC2)C1. The highest BCUT2D eigenvalue weighted by molar-refractivity contribution is 7.89. The van der Waals surface area contributed by atoms with E-state index in [1.165, 1.54) is 0 Å². The summed E-state index contributed by atoms with van der Waals surface area (Å²) in [6.45, 7) is 7.14. The molecule has 3 aliphatic rings. The highest BCUT2D eigenvalue weighted by Crippen LogP contribution is 2.38. The smallest absolute Gasteiger partial charge is 0.240 e. The maximum Gasteiger partial charge on any atom is 0.240 e. The molecule has 2 N–H and O–H groups in total. The van der Waals surface area contributed by atoms with Gasteiger partial charge in [-0.3, -0.25) is 0 Å². The molecule has 8 heteroatoms. The molecule has 1 aromatic carbocycles. The number of nitrogens with zero attached hydrogens (tertiary/aromatic N) is 2. The van der Waals surface area contributed by atoms with E-state index in [0.717, 1.165) is 70.1 Å². The van der Waals surface area contributed by atoms with Gasteiger partial charge in [0.05, 0.1) is 18.0 Å². The number of rotatable bonds is 6. The third-order valence-electron chi connectivity index (χ3n) is 5.80. The van der Waals surface area contributed by atoms with Crippen LogP contribution < -0.4 is 10.0 Å². The third-order valence-corrected chi connectivity index (χ3v) is 7.34. The molecule has 4 rings (SSSR count). The Bertz CT molecular complexity index is 812. The van der Waals surface area contributed by atoms with Crippen LogP contribution in [-0.4, -0.2) is 58.2 Å². The van der Waals surface area contributed by atoms with Crippen molar-refractivity contribution in [3.63, 3.8) is 0 Å². The molecule has 1 atom stereocenters. The zero-order valence-corrected chi connectivity index (χ0v) is 17.3. The largest absolute Gasteiger partial charge is 0.381 e. The zero-order valence-electron chi connectivity index (χ0n) is 16.5. The van der Waals surface area contributed by atoms with Crippen molar-refractivity contribution in [2.24, 2.45) is 10.4 Å². The molecule has 1 unspecified atom stereocenters. The summed E-state index contributed by atoms with van der Waals surface area (Å²) < 4.78 is 32.9. The predicted octanol–water partition coefficient (Wildman–Crippen LogP) is 1.71. The zero-order chi connectivity index (χ0) is 19.6. The molecular weight excluding hydrogens is 376 g/mol. The van der Waals surface area contributed by atoms with Crippen LogP contribution in [0.5, 0.6) is 0 Å². The summed E-state index contributed by atoms with van der Waals surface area (Å²) >= 11 is 0. The highest BCUT2D eigenvalue weighted by atomic mass is 32.2. The molecule has 0 radical (unpaired) electrons. The average molecular weight is 407 g/mol. The molecule has 2 heterocycles. The lowest BCUT2D eigenvalue weighted by molar-refractivity contribution is 0.156. The second kappa shape index (κ2) is 8.00. The Kier molecular flexibility index (Phi) is 5.62. The van der Waals surface area contributed by atoms with Gasteiger partial charge in [-0.2, -0.15) is 0 Å². The molecule has 0 amide bonds. The fraction of sp³-hybridized carbons (Fsp3) is 0.650. The van der Waals surface area contributed by atoms with Gasteiger partial charge in [-0.15, -0.1) is 0 Å². The number of ether oxygens (including phenoxy) is 1. The Labute approximate surface area is 167 Å². The first-order chi connectivity index (χ1) is 13.5. The molecule has 7 nitrogen and oxygen atoms in total. The molecule has 1 saturated carbocycles. The highest BCUT2D eigenvalue weighted by Gasteiger charge is 2.42. The fourth-order valence-electron chi connectivity index (χ4n) is 3.94. The van der Waals surface area contributed by atoms with Crippen LogP contribution in [0, 0.1) is 5.41 Å². The number of hydrogen-bond acceptors (Lipinski definition) is 4. The second-order valence-corrected chi connectivity index (χ2v) is 9.90. The Morgan fingerprint density at radius 2 is 2.07 bits per heavy atom. The van der Waals surface area contributed by atoms with Crippen molar-refractivity contribution < 1.29 is 13.2 Å². The molecule has 3 fully saturated rings. The monoisotopic (exact) mass is 406 g/mol. The van der Waals surface area contributed by atoms with Gasteiger partial charge in [-0.1, -0.05) is 12.1 Å². The van der Waals surface area contributed by atoms with E-state index in [1.807, 2.05) is 12.1 Å². The minimum absolute atomic E-state index is 0.117. The quantitative estimate of drug-likeness (QED) is 0.555. The number of sulfonamides is 1. The van der Waals surface area contributed by atoms with E-state index in [9.17, 15) is 8.42 Å². The van der Waals surface area contributed by atoms with Crippen LogP contribution >= 0.6 is 0 Å². The lowest BCUT2D eigenvalue weighted by atomic mass is 9.87. The van der Waals surface area contributed by atoms with Gasteiger partial charge in [-0.25, -0.2) is 18.1 Å². The number of benzene rings is 1. The van der Waals surface area contributed by atoms with E-state index in [1.54, 1.807) is 12.1 Å². The van der Waals surface area contributed by atoms with E-state index in [0.29, 0.717) is 16.9 Å². The summed E-state index contributed by atoms with van der Waals surface area (Å²) in [6, 6.07) is 7.16. The van der Waals surface area contributed by atoms with Gasteiger partial charge in [0.1, 0.15) is 0 Å². The molecular formula is C20H30N4O3S. The number of aliphatic imine (C=N–C) groups is 1. The molecule has 1 aliphatic carbocycles. The van der Waals surface area contributed by atoms with Crippen molar-refractivity contribution in [3.8, 4) is 0 Å². The Hall–Kier alpha value is -1.64. The summed E-state index contributed by atoms with van der Waals surface area (Å²) in [5, 5.41) is 3.39. The summed E-state index contributed by atoms with van der Waals surface area (Å²) in [5.74, 6) is 0.929. The Morgan fingerprint density at radius 1 is 1.29 bits per heavy atom. The summed E-state index contributed by atoms with van der Waals surface area (Å²) in [4.78, 5) is 7.45. The lowest BCUT2D eigenvalue weighted by Crippen LogP contribution is -2.41. The maximum absolute atomic E-state index is 12.3. The van der Waals surface area contributed by atoms with Gasteiger partial charge < -0.3 is 15.0 Å². The van der Waals surface area contributed by atoms with Crippen LogP contribution in [-0.2, 0) is 21.3 Å². The predicted molar refractivity (Wildman–Crippen MR) is 109 cm³/mol. The summed E-state index contributed by atoms with van der Waals surface area (Å²) in [5.41, 5.74) is 1.29. The molecule has 0 bridgehead atoms. The minimum atomic E-state index is -3.40. The van der Waals surface area contributed by atoms with E-state index in [-0.39, 0.29) is 6.04 Å². The van der Waals surface area contributed by atoms with Gasteiger partial charge >= 0.3 is 0 Å². The maximum atomic E-state index is 12.3. The third kappa shape index (κ3) is 4.50. The summed E-state index contributed by atoms with van der Waals surface area (Å²) in [6.07, 6.45) is 4.15. The average Bonchev–Trinajstić information content (AvgIpc) is 3.21. The normalized spacial score (nSPS) is 25.6. The topological polar surface area (TPSA) is 83.0 Å². The lowest BCUT2D eigenvalue weighted by Gasteiger charge is -2.25. The van der Waals surface area contributed by atoms with E-state index < -0.39 is 10.0 Å². The van der Waals surface area contributed by atoms with Gasteiger partial charge in [0.25, 0.3) is 0 Å². The number of hydrogen-bond donors (Lipinski definition) is 2. The van der Waals surface area contributed by atoms with Crippen LogP contribution in [0.1, 0.15) is 38.2 Å². The molecule has 2 aliphatic heterocycles. The van der Waals surface area contributed by atoms with Crippen molar-refractivity contribution in [1.29, 1.82) is 0 Å². The Balaban J connectivity index is 1.41. The van der Waals surface area contributed by atoms with Gasteiger partial charge in [0.15, 0.2) is 5.96 Å². The van der Waals surface area contributed by atoms with Crippen molar-refractivity contribution in [2.75, 3.05) is 32.8 Å². The Morgan fingerprint density at radius 3 is 2.71 bits per heavy atom. The molecule has 1 aromatic rings. The number of guanidine groups is 1. The van der Waals surface area contributed by atoms with Gasteiger partial charge in [-0.05, 0) is 50.3 Å². The minimum Gasteiger partial charge on any atom is -0.381 e. The van der Waals surface area contributed by atoms with Crippen molar-refractivity contribution >= 4 is 16.0 Å². The van der Waals surface area contributed by atoms with Crippen molar-refractivity contribution in [2.45, 2.75) is 50.1 Å². The van der Waals surface area contributed by atoms with Crippen LogP contribution in [0.15, 0.2) is 34.2 Å². The standard InChI is InChI=1S/C20H30N4O3S/c1-2-21-19(24-11-9-20(14-24)10-12-27-15-20)22-13-16-3-7-18(8-4-16)28(25,26)23-17-5-6-17/h3-4,7-8,17,23H,2,5-6,9-15H2,1H3,(H,21,22). The molecule has 1 spiro atoms. The van der Waals surface area contributed by atoms with E-state index in [2.05, 4.69) is 21.9 Å². The van der Waals surface area contributed by atoms with Crippen LogP contribution in [0.3, 0.4) is 0 Å². The first-order valence-electron chi connectivity index (χ1n) is 10.2. The first-order valence-corrected chi connectivity index (χ1v) is 11.7. The van der Waals surface area contributed by atoms with E-state index >= 15 is 0 Å². The first kappa shape index (κ1) is 19.7. The summed E-state index contributed by atoms with van der Waals surface area (Å²) in [7, 11) is -3.40. The van der Waals surface area contributed by atoms with E-state index in [4.69, 9.17) is 9.73 Å².